The number of urea groups is 2. The van der Waals surface area contributed by atoms with Crippen LogP contribution in [0.4, 0.5) is 9.59 Å². The molecule has 4 N–H and O–H groups in total. The summed E-state index contributed by atoms with van der Waals surface area (Å²) in [7, 11) is -1.31. The van der Waals surface area contributed by atoms with E-state index >= 15 is 0 Å². The molecule has 2 aliphatic heterocycles. The van der Waals surface area contributed by atoms with Gasteiger partial charge in [0.15, 0.2) is 0 Å². The third kappa shape index (κ3) is 7.08. The van der Waals surface area contributed by atoms with Crippen molar-refractivity contribution in [2.24, 2.45) is 23.3 Å². The molecule has 0 spiro atoms. The van der Waals surface area contributed by atoms with Crippen molar-refractivity contribution < 1.29 is 28.7 Å². The molecule has 0 unspecified atom stereocenters. The van der Waals surface area contributed by atoms with Gasteiger partial charge in [-0.05, 0) is 76.2 Å². The molecule has 1 atom stereocenters. The monoisotopic (exact) mass is 618 g/mol. The Bertz CT molecular complexity index is 1150. The van der Waals surface area contributed by atoms with E-state index in [0.29, 0.717) is 57.6 Å². The molecule has 4 aliphatic rings. The van der Waals surface area contributed by atoms with E-state index in [1.54, 1.807) is 4.90 Å². The van der Waals surface area contributed by atoms with Crippen molar-refractivity contribution in [1.82, 2.24) is 19.6 Å². The molecule has 0 aromatic heterocycles. The molecule has 2 aliphatic carbocycles. The summed E-state index contributed by atoms with van der Waals surface area (Å²) in [5.41, 5.74) is 10.1. The van der Waals surface area contributed by atoms with E-state index in [-0.39, 0.29) is 42.5 Å². The van der Waals surface area contributed by atoms with E-state index in [0.717, 1.165) is 35.1 Å². The van der Waals surface area contributed by atoms with Crippen molar-refractivity contribution in [3.63, 3.8) is 0 Å². The van der Waals surface area contributed by atoms with Crippen LogP contribution in [-0.4, -0.2) is 95.5 Å². The smallest absolute Gasteiger partial charge is 0.334 e. The maximum Gasteiger partial charge on any atom is 0.334 e. The summed E-state index contributed by atoms with van der Waals surface area (Å²) >= 11 is 0. The number of nitrogens with zero attached hydrogens (tertiary/aromatic N) is 4. The highest BCUT2D eigenvalue weighted by molar-refractivity contribution is 6.76. The van der Waals surface area contributed by atoms with Crippen molar-refractivity contribution in [3.8, 4) is 0 Å². The first-order valence-corrected chi connectivity index (χ1v) is 19.6. The van der Waals surface area contributed by atoms with E-state index in [4.69, 9.17) is 16.2 Å². The number of amides is 7. The van der Waals surface area contributed by atoms with Crippen molar-refractivity contribution >= 4 is 37.9 Å². The number of imide groups is 3. The molecule has 2 heterocycles. The average Bonchev–Trinajstić information content (AvgIpc) is 3.73. The van der Waals surface area contributed by atoms with E-state index in [1.807, 2.05) is 13.8 Å². The summed E-state index contributed by atoms with van der Waals surface area (Å²) in [6, 6.07) is -0.352. The number of nitrogens with two attached hydrogens (primary N) is 2. The molecule has 4 rings (SSSR count). The largest absolute Gasteiger partial charge is 0.385 e. The van der Waals surface area contributed by atoms with Crippen LogP contribution in [0.2, 0.25) is 25.7 Å². The highest BCUT2D eigenvalue weighted by atomic mass is 28.3. The molecule has 4 fully saturated rings. The lowest BCUT2D eigenvalue weighted by atomic mass is 9.77. The Morgan fingerprint density at radius 3 is 2.09 bits per heavy atom. The number of hydrogen-bond acceptors (Lipinski definition) is 8. The van der Waals surface area contributed by atoms with Gasteiger partial charge in [0, 0.05) is 33.8 Å². The average molecular weight is 619 g/mol. The van der Waals surface area contributed by atoms with Crippen LogP contribution in [0, 0.1) is 11.8 Å². The Morgan fingerprint density at radius 2 is 1.53 bits per heavy atom. The molecular weight excluding hydrogens is 568 g/mol. The lowest BCUT2D eigenvalue weighted by Crippen LogP contribution is -2.61. The second kappa shape index (κ2) is 13.0. The minimum atomic E-state index is -1.31. The SMILES string of the molecule is CCCCN1C(=O)C(=C(N)N)C(=O)N(C2CCC(C[C@@]3(C)C(=O)N(COCC[Si](C)(C)C)C(=O)N3CC3CC3)CC2)C1=O. The summed E-state index contributed by atoms with van der Waals surface area (Å²) in [5, 5.41) is 0. The number of hydrogen-bond donors (Lipinski definition) is 2. The van der Waals surface area contributed by atoms with Crippen molar-refractivity contribution in [3.05, 3.63) is 11.4 Å². The van der Waals surface area contributed by atoms with Crippen LogP contribution in [0.25, 0.3) is 0 Å². The predicted octanol–water partition coefficient (Wildman–Crippen LogP) is 3.40. The van der Waals surface area contributed by atoms with Gasteiger partial charge in [0.25, 0.3) is 17.7 Å². The topological polar surface area (TPSA) is 160 Å². The van der Waals surface area contributed by atoms with Gasteiger partial charge in [0.05, 0.1) is 0 Å². The van der Waals surface area contributed by atoms with Gasteiger partial charge in [0.2, 0.25) is 0 Å². The fourth-order valence-electron chi connectivity index (χ4n) is 6.44. The van der Waals surface area contributed by atoms with E-state index in [1.165, 1.54) is 4.90 Å². The van der Waals surface area contributed by atoms with Crippen LogP contribution in [0.3, 0.4) is 0 Å². The second-order valence-electron chi connectivity index (χ2n) is 14.2. The standard InChI is InChI=1S/C30H50N6O6Si/c1-6-7-14-33-25(37)23(24(31)32)26(38)36(29(33)41)22-12-10-20(11-13-22)17-30(2)27(39)34(19-42-15-16-43(3,4)5)28(40)35(30)18-21-8-9-21/h20-22H,6-19,31-32H2,1-5H3/t20?,22?,30-/m0/s1. The number of unbranched alkanes of at least 4 members (excludes halogenated alkanes) is 1. The zero-order chi connectivity index (χ0) is 31.7. The van der Waals surface area contributed by atoms with Gasteiger partial charge in [-0.15, -0.1) is 0 Å². The molecule has 0 aromatic rings. The molecule has 240 valence electrons. The molecule has 12 nitrogen and oxygen atoms in total. The first kappa shape index (κ1) is 33.0. The normalized spacial score (nSPS) is 27.2. The minimum absolute atomic E-state index is 0.0296. The van der Waals surface area contributed by atoms with Crippen LogP contribution >= 0.6 is 0 Å². The molecule has 43 heavy (non-hydrogen) atoms. The molecule has 0 aromatic carbocycles. The van der Waals surface area contributed by atoms with Crippen molar-refractivity contribution in [2.45, 2.75) is 109 Å². The summed E-state index contributed by atoms with van der Waals surface area (Å²) < 4.78 is 5.83. The molecular formula is C30H50N6O6Si. The lowest BCUT2D eigenvalue weighted by molar-refractivity contribution is -0.138. The van der Waals surface area contributed by atoms with E-state index in [9.17, 15) is 24.0 Å². The highest BCUT2D eigenvalue weighted by Crippen LogP contribution is 2.42. The van der Waals surface area contributed by atoms with Gasteiger partial charge >= 0.3 is 12.1 Å². The molecule has 7 amide bonds. The number of ether oxygens (including phenoxy) is 1. The van der Waals surface area contributed by atoms with Gasteiger partial charge in [-0.25, -0.2) is 14.5 Å². The van der Waals surface area contributed by atoms with Crippen LogP contribution < -0.4 is 11.5 Å². The van der Waals surface area contributed by atoms with E-state index in [2.05, 4.69) is 19.6 Å². The van der Waals surface area contributed by atoms with Crippen LogP contribution in [-0.2, 0) is 19.1 Å². The van der Waals surface area contributed by atoms with Gasteiger partial charge in [-0.1, -0.05) is 33.0 Å². The fourth-order valence-corrected chi connectivity index (χ4v) is 7.19. The van der Waals surface area contributed by atoms with Crippen molar-refractivity contribution in [2.75, 3.05) is 26.4 Å². The van der Waals surface area contributed by atoms with Gasteiger partial charge in [-0.3, -0.25) is 24.2 Å². The highest BCUT2D eigenvalue weighted by Gasteiger charge is 2.56. The van der Waals surface area contributed by atoms with Gasteiger partial charge in [0.1, 0.15) is 23.7 Å². The number of rotatable bonds is 13. The molecule has 0 radical (unpaired) electrons. The van der Waals surface area contributed by atoms with Crippen molar-refractivity contribution in [1.29, 1.82) is 0 Å². The zero-order valence-corrected chi connectivity index (χ0v) is 27.5. The fraction of sp³-hybridized carbons (Fsp3) is 0.767. The Balaban J connectivity index is 1.44. The second-order valence-corrected chi connectivity index (χ2v) is 19.8. The minimum Gasteiger partial charge on any atom is -0.385 e. The molecule has 13 heteroatoms. The van der Waals surface area contributed by atoms with Crippen LogP contribution in [0.1, 0.15) is 71.6 Å². The summed E-state index contributed by atoms with van der Waals surface area (Å²) in [4.78, 5) is 72.1. The summed E-state index contributed by atoms with van der Waals surface area (Å²) in [6.45, 7) is 11.9. The van der Waals surface area contributed by atoms with Crippen LogP contribution in [0.15, 0.2) is 11.4 Å². The maximum atomic E-state index is 13.8. The summed E-state index contributed by atoms with van der Waals surface area (Å²) in [6.07, 6.45) is 6.40. The van der Waals surface area contributed by atoms with Gasteiger partial charge in [-0.2, -0.15) is 0 Å². The molecule has 0 bridgehead atoms. The lowest BCUT2D eigenvalue weighted by Gasteiger charge is -2.42. The Kier molecular flexibility index (Phi) is 9.94. The van der Waals surface area contributed by atoms with Crippen LogP contribution in [0.5, 0.6) is 0 Å². The zero-order valence-electron chi connectivity index (χ0n) is 26.5. The molecule has 2 saturated heterocycles. The number of carbonyl (C=O) groups excluding carboxylic acids is 5. The first-order chi connectivity index (χ1) is 20.2. The van der Waals surface area contributed by atoms with E-state index < -0.39 is 37.5 Å². The van der Waals surface area contributed by atoms with Gasteiger partial charge < -0.3 is 21.1 Å². The maximum absolute atomic E-state index is 13.8. The number of carbonyl (C=O) groups is 5. The first-order valence-electron chi connectivity index (χ1n) is 15.9. The Morgan fingerprint density at radius 1 is 0.907 bits per heavy atom. The third-order valence-corrected chi connectivity index (χ3v) is 11.0. The number of barbiturate groups is 1. The Labute approximate surface area is 256 Å². The molecule has 2 saturated carbocycles. The predicted molar refractivity (Wildman–Crippen MR) is 164 cm³/mol. The quantitative estimate of drug-likeness (QED) is 0.104. The Hall–Kier alpha value is -2.93. The summed E-state index contributed by atoms with van der Waals surface area (Å²) in [5.74, 6) is -1.54. The third-order valence-electron chi connectivity index (χ3n) is 9.34.